The molecule has 1 aromatic carbocycles. The number of thioether (sulfide) groups is 1. The van der Waals surface area contributed by atoms with Crippen molar-refractivity contribution in [2.24, 2.45) is 5.84 Å². The smallest absolute Gasteiger partial charge is 0.241 e. The number of aromatic nitrogens is 4. The van der Waals surface area contributed by atoms with Crippen LogP contribution in [0.2, 0.25) is 0 Å². The molecule has 3 aromatic rings. The van der Waals surface area contributed by atoms with Gasteiger partial charge in [0.15, 0.2) is 5.65 Å². The third kappa shape index (κ3) is 2.38. The molecular formula is C12H13N7S. The van der Waals surface area contributed by atoms with Crippen LogP contribution in [0.25, 0.3) is 11.0 Å². The fourth-order valence-corrected chi connectivity index (χ4v) is 2.29. The maximum Gasteiger partial charge on any atom is 0.241 e. The van der Waals surface area contributed by atoms with Crippen molar-refractivity contribution in [3.8, 4) is 0 Å². The van der Waals surface area contributed by atoms with E-state index < -0.39 is 0 Å². The number of rotatable bonds is 4. The lowest BCUT2D eigenvalue weighted by atomic mass is 10.3. The Balaban J connectivity index is 2.02. The Bertz CT molecular complexity index is 740. The molecular weight excluding hydrogens is 274 g/mol. The number of H-pyrrole nitrogens is 1. The molecule has 0 unspecified atom stereocenters. The zero-order valence-electron chi connectivity index (χ0n) is 10.7. The summed E-state index contributed by atoms with van der Waals surface area (Å²) in [5.41, 5.74) is 4.01. The average molecular weight is 287 g/mol. The fraction of sp³-hybridized carbons (Fsp3) is 0.0833. The number of aromatic amines is 1. The number of hydrogen-bond acceptors (Lipinski definition) is 7. The van der Waals surface area contributed by atoms with Crippen LogP contribution in [0.4, 0.5) is 17.5 Å². The molecule has 8 heteroatoms. The van der Waals surface area contributed by atoms with Gasteiger partial charge in [-0.3, -0.25) is 10.5 Å². The number of hydrogen-bond donors (Lipinski definition) is 4. The molecule has 0 bridgehead atoms. The van der Waals surface area contributed by atoms with Gasteiger partial charge in [0.05, 0.1) is 11.6 Å². The topological polar surface area (TPSA) is 105 Å². The number of benzene rings is 1. The highest BCUT2D eigenvalue weighted by atomic mass is 32.2. The van der Waals surface area contributed by atoms with E-state index in [2.05, 4.69) is 37.0 Å². The van der Waals surface area contributed by atoms with E-state index in [1.807, 2.05) is 24.5 Å². The van der Waals surface area contributed by atoms with Crippen molar-refractivity contribution >= 4 is 40.2 Å². The highest BCUT2D eigenvalue weighted by Crippen LogP contribution is 2.25. The lowest BCUT2D eigenvalue weighted by Crippen LogP contribution is -2.11. The van der Waals surface area contributed by atoms with Crippen LogP contribution in [-0.4, -0.2) is 26.4 Å². The first kappa shape index (κ1) is 12.7. The number of fused-ring (bicyclic) bond motifs is 1. The van der Waals surface area contributed by atoms with Gasteiger partial charge in [0, 0.05) is 10.6 Å². The highest BCUT2D eigenvalue weighted by Gasteiger charge is 2.09. The third-order valence-corrected chi connectivity index (χ3v) is 3.50. The molecule has 5 N–H and O–H groups in total. The quantitative estimate of drug-likeness (QED) is 0.331. The molecule has 2 aromatic heterocycles. The summed E-state index contributed by atoms with van der Waals surface area (Å²) in [5.74, 6) is 6.35. The molecule has 2 heterocycles. The van der Waals surface area contributed by atoms with Gasteiger partial charge in [0.2, 0.25) is 5.95 Å². The predicted molar refractivity (Wildman–Crippen MR) is 81.0 cm³/mol. The molecule has 0 aliphatic heterocycles. The summed E-state index contributed by atoms with van der Waals surface area (Å²) in [4.78, 5) is 9.67. The van der Waals surface area contributed by atoms with Gasteiger partial charge in [0.25, 0.3) is 0 Å². The Hall–Kier alpha value is -2.32. The fourth-order valence-electron chi connectivity index (χ4n) is 1.83. The second-order valence-electron chi connectivity index (χ2n) is 4.03. The van der Waals surface area contributed by atoms with Crippen molar-refractivity contribution < 1.29 is 0 Å². The van der Waals surface area contributed by atoms with Crippen LogP contribution < -0.4 is 16.6 Å². The van der Waals surface area contributed by atoms with Crippen molar-refractivity contribution in [2.45, 2.75) is 4.90 Å². The predicted octanol–water partition coefficient (Wildman–Crippen LogP) is 2.10. The van der Waals surface area contributed by atoms with Crippen LogP contribution in [0.1, 0.15) is 0 Å². The molecule has 102 valence electrons. The number of hydrazine groups is 1. The van der Waals surface area contributed by atoms with E-state index in [1.54, 1.807) is 18.0 Å². The second kappa shape index (κ2) is 5.35. The standard InChI is InChI=1S/C12H13N7S/c1-20-8-4-2-3-7(5-8)15-10-9-6-14-19-11(9)17-12(16-10)18-13/h2-6H,13H2,1H3,(H3,14,15,16,17,18,19). The van der Waals surface area contributed by atoms with Crippen LogP contribution in [0.15, 0.2) is 35.4 Å². The lowest BCUT2D eigenvalue weighted by Gasteiger charge is -2.09. The summed E-state index contributed by atoms with van der Waals surface area (Å²) < 4.78 is 0. The van der Waals surface area contributed by atoms with Gasteiger partial charge in [-0.1, -0.05) is 6.07 Å². The first-order valence-corrected chi connectivity index (χ1v) is 7.11. The molecule has 3 rings (SSSR count). The SMILES string of the molecule is CSc1cccc(Nc2nc(NN)nc3[nH]ncc23)c1. The minimum absolute atomic E-state index is 0.324. The molecule has 0 aliphatic carbocycles. The average Bonchev–Trinajstić information content (AvgIpc) is 2.96. The summed E-state index contributed by atoms with van der Waals surface area (Å²) in [5, 5.41) is 10.8. The Morgan fingerprint density at radius 2 is 2.20 bits per heavy atom. The minimum atomic E-state index is 0.324. The molecule has 0 saturated heterocycles. The first-order chi connectivity index (χ1) is 9.80. The van der Waals surface area contributed by atoms with Crippen LogP contribution in [0.3, 0.4) is 0 Å². The summed E-state index contributed by atoms with van der Waals surface area (Å²) in [6.07, 6.45) is 3.71. The molecule has 0 aliphatic rings. The zero-order chi connectivity index (χ0) is 13.9. The number of nitrogens with zero attached hydrogens (tertiary/aromatic N) is 3. The summed E-state index contributed by atoms with van der Waals surface area (Å²) in [6, 6.07) is 8.07. The summed E-state index contributed by atoms with van der Waals surface area (Å²) >= 11 is 1.68. The monoisotopic (exact) mass is 287 g/mol. The van der Waals surface area contributed by atoms with Crippen molar-refractivity contribution in [1.29, 1.82) is 0 Å². The summed E-state index contributed by atoms with van der Waals surface area (Å²) in [6.45, 7) is 0. The maximum atomic E-state index is 5.38. The van der Waals surface area contributed by atoms with Gasteiger partial charge in [0.1, 0.15) is 5.82 Å². The second-order valence-corrected chi connectivity index (χ2v) is 4.91. The van der Waals surface area contributed by atoms with E-state index in [9.17, 15) is 0 Å². The molecule has 0 amide bonds. The van der Waals surface area contributed by atoms with Crippen LogP contribution in [0, 0.1) is 0 Å². The Labute approximate surface area is 119 Å². The normalized spacial score (nSPS) is 10.7. The van der Waals surface area contributed by atoms with E-state index in [0.717, 1.165) is 11.1 Å². The van der Waals surface area contributed by atoms with Gasteiger partial charge in [-0.15, -0.1) is 11.8 Å². The Morgan fingerprint density at radius 3 is 3.00 bits per heavy atom. The van der Waals surface area contributed by atoms with Crippen molar-refractivity contribution in [3.05, 3.63) is 30.5 Å². The van der Waals surface area contributed by atoms with Gasteiger partial charge in [-0.25, -0.2) is 5.84 Å². The summed E-state index contributed by atoms with van der Waals surface area (Å²) in [7, 11) is 0. The molecule has 0 spiro atoms. The molecule has 0 radical (unpaired) electrons. The molecule has 0 fully saturated rings. The highest BCUT2D eigenvalue weighted by molar-refractivity contribution is 7.98. The van der Waals surface area contributed by atoms with Gasteiger partial charge in [-0.2, -0.15) is 15.1 Å². The van der Waals surface area contributed by atoms with E-state index in [-0.39, 0.29) is 0 Å². The van der Waals surface area contributed by atoms with Gasteiger partial charge >= 0.3 is 0 Å². The third-order valence-electron chi connectivity index (χ3n) is 2.77. The first-order valence-electron chi connectivity index (χ1n) is 5.89. The van der Waals surface area contributed by atoms with E-state index in [1.165, 1.54) is 4.90 Å². The van der Waals surface area contributed by atoms with Crippen molar-refractivity contribution in [2.75, 3.05) is 17.0 Å². The van der Waals surface area contributed by atoms with Gasteiger partial charge < -0.3 is 5.32 Å². The van der Waals surface area contributed by atoms with Crippen LogP contribution in [-0.2, 0) is 0 Å². The molecule has 20 heavy (non-hydrogen) atoms. The largest absolute Gasteiger partial charge is 0.339 e. The number of nitrogens with one attached hydrogen (secondary N) is 3. The van der Waals surface area contributed by atoms with Gasteiger partial charge in [-0.05, 0) is 24.5 Å². The minimum Gasteiger partial charge on any atom is -0.339 e. The molecule has 0 atom stereocenters. The number of nitrogen functional groups attached to an aromatic ring is 1. The maximum absolute atomic E-state index is 5.38. The molecule has 0 saturated carbocycles. The van der Waals surface area contributed by atoms with E-state index in [4.69, 9.17) is 5.84 Å². The van der Waals surface area contributed by atoms with Crippen LogP contribution >= 0.6 is 11.8 Å². The Kier molecular flexibility index (Phi) is 3.40. The Morgan fingerprint density at radius 1 is 1.30 bits per heavy atom. The lowest BCUT2D eigenvalue weighted by molar-refractivity contribution is 1.08. The number of anilines is 3. The zero-order valence-corrected chi connectivity index (χ0v) is 11.5. The van der Waals surface area contributed by atoms with E-state index >= 15 is 0 Å². The molecule has 7 nitrogen and oxygen atoms in total. The van der Waals surface area contributed by atoms with Crippen molar-refractivity contribution in [1.82, 2.24) is 20.2 Å². The van der Waals surface area contributed by atoms with Crippen molar-refractivity contribution in [3.63, 3.8) is 0 Å². The number of nitrogens with two attached hydrogens (primary N) is 1. The van der Waals surface area contributed by atoms with Crippen LogP contribution in [0.5, 0.6) is 0 Å². The van der Waals surface area contributed by atoms with E-state index in [0.29, 0.717) is 17.4 Å².